The van der Waals surface area contributed by atoms with Crippen molar-refractivity contribution < 1.29 is 67.0 Å². The molecule has 0 aliphatic heterocycles. The second-order valence-electron chi connectivity index (χ2n) is 0.860. The molecule has 0 saturated heterocycles. The molecule has 0 spiro atoms. The van der Waals surface area contributed by atoms with E-state index in [0.29, 0.717) is 0 Å². The van der Waals surface area contributed by atoms with Gasteiger partial charge in [0.05, 0.1) is 0 Å². The van der Waals surface area contributed by atoms with Gasteiger partial charge in [-0.15, -0.1) is 0 Å². The molecule has 1 radical (unpaired) electrons. The van der Waals surface area contributed by atoms with Gasteiger partial charge in [-0.2, -0.15) is 0 Å². The van der Waals surface area contributed by atoms with Crippen LogP contribution in [0.1, 0.15) is 0 Å². The Morgan fingerprint density at radius 3 is 1.00 bits per heavy atom. The average Bonchev–Trinajstić information content (AvgIpc) is 1.19. The summed E-state index contributed by atoms with van der Waals surface area (Å²) in [7, 11) is -6.81. The fraction of sp³-hybridized carbons (Fsp3) is 0. The van der Waals surface area contributed by atoms with Crippen LogP contribution in [0.15, 0.2) is 0 Å². The standard InChI is InChI=1S/BH3O3.H3O4P.Y/c2-1(3)4;1-5(2,3)4;/h2-4H;(H3,1,2,3,4);. The minimum atomic E-state index is -4.64. The molecule has 0 aliphatic carbocycles. The topological polar surface area (TPSA) is 138 Å². The maximum absolute atomic E-state index is 8.88. The van der Waals surface area contributed by atoms with E-state index in [0.717, 1.165) is 0 Å². The number of phosphoric acid groups is 1. The molecular weight excluding hydrogens is 243 g/mol. The Labute approximate surface area is 82.0 Å². The van der Waals surface area contributed by atoms with Gasteiger partial charge in [-0.1, -0.05) is 0 Å². The first-order valence-electron chi connectivity index (χ1n) is 1.56. The van der Waals surface area contributed by atoms with Crippen LogP contribution in [0.2, 0.25) is 0 Å². The SMILES string of the molecule is O=P(O)(O)O.OB(O)O.[Y]. The predicted molar refractivity (Wildman–Crippen MR) is 26.7 cm³/mol. The quantitative estimate of drug-likeness (QED) is 0.199. The van der Waals surface area contributed by atoms with Crippen LogP contribution in [0.5, 0.6) is 0 Å². The fourth-order valence-corrected chi connectivity index (χ4v) is 0. The minimum Gasteiger partial charge on any atom is -0.402 e. The van der Waals surface area contributed by atoms with Crippen molar-refractivity contribution in [3.05, 3.63) is 0 Å². The molecule has 59 valence electrons. The van der Waals surface area contributed by atoms with Crippen molar-refractivity contribution in [2.24, 2.45) is 0 Å². The molecule has 0 aliphatic rings. The Balaban J connectivity index is -0.0000000910. The first kappa shape index (κ1) is 17.3. The van der Waals surface area contributed by atoms with Gasteiger partial charge in [0.1, 0.15) is 0 Å². The van der Waals surface area contributed by atoms with Crippen LogP contribution < -0.4 is 0 Å². The van der Waals surface area contributed by atoms with E-state index >= 15 is 0 Å². The first-order chi connectivity index (χ1) is 3.73. The van der Waals surface area contributed by atoms with Gasteiger partial charge in [-0.05, 0) is 0 Å². The third kappa shape index (κ3) is 454. The molecular formula is H6BO7PY. The summed E-state index contributed by atoms with van der Waals surface area (Å²) in [4.78, 5) is 21.6. The van der Waals surface area contributed by atoms with Gasteiger partial charge >= 0.3 is 15.1 Å². The third-order valence-corrected chi connectivity index (χ3v) is 0. The number of rotatable bonds is 0. The zero-order valence-electron chi connectivity index (χ0n) is 4.69. The van der Waals surface area contributed by atoms with Gasteiger partial charge in [0.2, 0.25) is 0 Å². The normalized spacial score (nSPS) is 8.60. The molecule has 0 unspecified atom stereocenters. The summed E-state index contributed by atoms with van der Waals surface area (Å²) in [5.74, 6) is 0. The van der Waals surface area contributed by atoms with Crippen LogP contribution in [-0.2, 0) is 37.3 Å². The monoisotopic (exact) mass is 249 g/mol. The molecule has 0 saturated carbocycles. The first-order valence-corrected chi connectivity index (χ1v) is 3.12. The summed E-state index contributed by atoms with van der Waals surface area (Å²) >= 11 is 0. The average molecular weight is 249 g/mol. The Morgan fingerprint density at radius 1 is 1.00 bits per heavy atom. The van der Waals surface area contributed by atoms with E-state index in [1.807, 2.05) is 0 Å². The molecule has 0 heterocycles. The summed E-state index contributed by atoms with van der Waals surface area (Å²) in [5, 5.41) is 21.5. The van der Waals surface area contributed by atoms with Gasteiger partial charge in [0.25, 0.3) is 0 Å². The maximum atomic E-state index is 8.88. The predicted octanol–water partition coefficient (Wildman–Crippen LogP) is -2.98. The maximum Gasteiger partial charge on any atom is 0.631 e. The second-order valence-corrected chi connectivity index (χ2v) is 1.89. The van der Waals surface area contributed by atoms with Crippen molar-refractivity contribution in [2.75, 3.05) is 0 Å². The second kappa shape index (κ2) is 8.26. The van der Waals surface area contributed by atoms with Crippen LogP contribution in [0, 0.1) is 0 Å². The molecule has 10 heteroatoms. The van der Waals surface area contributed by atoms with Crippen molar-refractivity contribution in [1.29, 1.82) is 0 Å². The van der Waals surface area contributed by atoms with Crippen LogP contribution in [0.4, 0.5) is 0 Å². The molecule has 0 bridgehead atoms. The van der Waals surface area contributed by atoms with Crippen molar-refractivity contribution in [3.63, 3.8) is 0 Å². The van der Waals surface area contributed by atoms with Crippen LogP contribution in [-0.4, -0.2) is 37.1 Å². The molecule has 0 fully saturated rings. The summed E-state index contributed by atoms with van der Waals surface area (Å²) in [6.45, 7) is 0. The van der Waals surface area contributed by atoms with E-state index in [1.54, 1.807) is 0 Å². The Hall–Kier alpha value is 1.16. The smallest absolute Gasteiger partial charge is 0.402 e. The van der Waals surface area contributed by atoms with Crippen molar-refractivity contribution in [1.82, 2.24) is 0 Å². The summed E-state index contributed by atoms with van der Waals surface area (Å²) in [5.41, 5.74) is 0. The van der Waals surface area contributed by atoms with Gasteiger partial charge in [0, 0.05) is 32.7 Å². The molecule has 0 amide bonds. The van der Waals surface area contributed by atoms with Gasteiger partial charge in [-0.25, -0.2) is 4.57 Å². The van der Waals surface area contributed by atoms with E-state index in [4.69, 9.17) is 34.3 Å². The molecule has 7 nitrogen and oxygen atoms in total. The van der Waals surface area contributed by atoms with Crippen LogP contribution in [0.3, 0.4) is 0 Å². The summed E-state index contributed by atoms with van der Waals surface area (Å²) in [6, 6.07) is 0. The molecule has 0 aromatic heterocycles. The third-order valence-electron chi connectivity index (χ3n) is 0. The van der Waals surface area contributed by atoms with E-state index < -0.39 is 15.1 Å². The Bertz CT molecular complexity index is 84.8. The van der Waals surface area contributed by atoms with E-state index in [9.17, 15) is 0 Å². The molecule has 0 atom stereocenters. The number of hydrogen-bond donors (Lipinski definition) is 6. The Kier molecular flexibility index (Phi) is 14.3. The molecule has 6 N–H and O–H groups in total. The molecule has 10 heavy (non-hydrogen) atoms. The fourth-order valence-electron chi connectivity index (χ4n) is 0. The summed E-state index contributed by atoms with van der Waals surface area (Å²) in [6.07, 6.45) is 0. The van der Waals surface area contributed by atoms with Crippen molar-refractivity contribution in [3.8, 4) is 0 Å². The van der Waals surface area contributed by atoms with Crippen LogP contribution in [0.25, 0.3) is 0 Å². The largest absolute Gasteiger partial charge is 0.631 e. The van der Waals surface area contributed by atoms with E-state index in [-0.39, 0.29) is 32.7 Å². The van der Waals surface area contributed by atoms with Gasteiger partial charge in [0.15, 0.2) is 0 Å². The van der Waals surface area contributed by atoms with E-state index in [1.165, 1.54) is 0 Å². The molecule has 0 rings (SSSR count). The zero-order chi connectivity index (χ0) is 8.08. The van der Waals surface area contributed by atoms with Crippen molar-refractivity contribution in [2.45, 2.75) is 0 Å². The van der Waals surface area contributed by atoms with Crippen LogP contribution >= 0.6 is 7.82 Å². The van der Waals surface area contributed by atoms with Crippen molar-refractivity contribution >= 4 is 15.1 Å². The molecule has 0 aromatic rings. The van der Waals surface area contributed by atoms with E-state index in [2.05, 4.69) is 0 Å². The Morgan fingerprint density at radius 2 is 1.00 bits per heavy atom. The molecule has 0 aromatic carbocycles. The van der Waals surface area contributed by atoms with Gasteiger partial charge in [-0.3, -0.25) is 0 Å². The zero-order valence-corrected chi connectivity index (χ0v) is 8.43. The summed E-state index contributed by atoms with van der Waals surface area (Å²) < 4.78 is 8.88. The number of hydrogen-bond acceptors (Lipinski definition) is 4. The minimum absolute atomic E-state index is 0. The van der Waals surface area contributed by atoms with Gasteiger partial charge < -0.3 is 29.8 Å².